The molecule has 1 N–H and O–H groups in total. The van der Waals surface area contributed by atoms with Crippen LogP contribution in [0.5, 0.6) is 0 Å². The second-order valence-electron chi connectivity index (χ2n) is 0.814. The van der Waals surface area contributed by atoms with Gasteiger partial charge in [0.15, 0.2) is 0 Å². The summed E-state index contributed by atoms with van der Waals surface area (Å²) in [6.07, 6.45) is 4.56. The molecule has 0 aromatic carbocycles. The zero-order valence-corrected chi connectivity index (χ0v) is 6.46. The molecule has 0 amide bonds. The number of aromatic nitrogens is 1. The summed E-state index contributed by atoms with van der Waals surface area (Å²) in [4.78, 5) is 2.74. The molecule has 0 atom stereocenters. The topological polar surface area (TPSA) is 15.8 Å². The monoisotopic (exact) mass is 274 g/mol. The Morgan fingerprint density at radius 1 is 1.43 bits per heavy atom. The Labute approximate surface area is 57.5 Å². The summed E-state index contributed by atoms with van der Waals surface area (Å²) in [6, 6.07) is 3.71. The molecule has 1 heterocycles. The van der Waals surface area contributed by atoms with Gasteiger partial charge < -0.3 is 12.4 Å². The predicted molar refractivity (Wildman–Crippen MR) is 26.0 cm³/mol. The van der Waals surface area contributed by atoms with Crippen LogP contribution in [0.15, 0.2) is 18.3 Å². The largest absolute Gasteiger partial charge is 0.484 e. The minimum Gasteiger partial charge on any atom is -0.484 e. The molecule has 0 spiro atoms. The van der Waals surface area contributed by atoms with Crippen LogP contribution in [-0.4, -0.2) is 4.98 Å². The Balaban J connectivity index is 0. The minimum atomic E-state index is 0. The first-order valence-corrected chi connectivity index (χ1v) is 1.49. The summed E-state index contributed by atoms with van der Waals surface area (Å²) in [7, 11) is 0. The van der Waals surface area contributed by atoms with Crippen LogP contribution in [0.25, 0.3) is 0 Å². The molecule has 43 valence electrons. The van der Waals surface area contributed by atoms with E-state index < -0.39 is 0 Å². The van der Waals surface area contributed by atoms with Gasteiger partial charge >= 0.3 is 0 Å². The van der Waals surface area contributed by atoms with Crippen molar-refractivity contribution in [3.63, 3.8) is 0 Å². The van der Waals surface area contributed by atoms with E-state index in [1.807, 2.05) is 18.3 Å². The number of rotatable bonds is 0. The molecule has 0 saturated carbocycles. The number of hydrogen-bond acceptors (Lipinski definition) is 0. The summed E-state index contributed by atoms with van der Waals surface area (Å²) in [5, 5.41) is 0. The molecule has 1 aromatic heterocycles. The van der Waals surface area contributed by atoms with E-state index in [1.54, 1.807) is 0 Å². The molecule has 0 aliphatic heterocycles. The fourth-order valence-electron chi connectivity index (χ4n) is 0.241. The van der Waals surface area contributed by atoms with Crippen molar-refractivity contribution in [3.8, 4) is 0 Å². The average molecular weight is 273 g/mol. The smallest absolute Gasteiger partial charge is 0 e. The summed E-state index contributed by atoms with van der Waals surface area (Å²) in [5.41, 5.74) is 0. The van der Waals surface area contributed by atoms with E-state index in [0.717, 1.165) is 0 Å². The van der Waals surface area contributed by atoms with Gasteiger partial charge in [0.1, 0.15) is 0 Å². The molecule has 0 aliphatic carbocycles. The Morgan fingerprint density at radius 2 is 2.14 bits per heavy atom. The fraction of sp³-hybridized carbons (Fsp3) is 0. The van der Waals surface area contributed by atoms with Gasteiger partial charge in [-0.25, -0.2) is 0 Å². The van der Waals surface area contributed by atoms with Gasteiger partial charge in [-0.15, -0.1) is 6.20 Å². The van der Waals surface area contributed by atoms with Gasteiger partial charge in [0.2, 0.25) is 0 Å². The quantitative estimate of drug-likeness (QED) is 0.685. The Hall–Kier alpha value is -0.0706. The zero-order chi connectivity index (χ0) is 3.54. The predicted octanol–water partition coefficient (Wildman–Crippen LogP) is 1.26. The second-order valence-corrected chi connectivity index (χ2v) is 0.814. The van der Waals surface area contributed by atoms with E-state index in [1.165, 1.54) is 0 Å². The van der Waals surface area contributed by atoms with Crippen molar-refractivity contribution in [2.75, 3.05) is 0 Å². The van der Waals surface area contributed by atoms with Crippen LogP contribution in [0.4, 0.5) is 0 Å². The zero-order valence-electron chi connectivity index (χ0n) is 4.07. The maximum Gasteiger partial charge on any atom is 0 e. The van der Waals surface area contributed by atoms with Crippen LogP contribution in [0.3, 0.4) is 0 Å². The molecular weight excluding hydrogens is 266 g/mol. The minimum absolute atomic E-state index is 0. The summed E-state index contributed by atoms with van der Waals surface area (Å²) < 4.78 is 0. The van der Waals surface area contributed by atoms with Gasteiger partial charge in [0.25, 0.3) is 0 Å². The van der Waals surface area contributed by atoms with E-state index >= 15 is 0 Å². The molecule has 0 bridgehead atoms. The SMILES string of the molecule is [CH3-].[Ir].[c-]1ccc[nH]1. The first-order valence-electron chi connectivity index (χ1n) is 1.49. The third-order valence-electron chi connectivity index (χ3n) is 0.442. The maximum absolute atomic E-state index is 2.74. The second kappa shape index (κ2) is 5.93. The van der Waals surface area contributed by atoms with Crippen LogP contribution in [0.1, 0.15) is 0 Å². The van der Waals surface area contributed by atoms with E-state index in [2.05, 4.69) is 11.2 Å². The molecule has 0 unspecified atom stereocenters. The molecule has 1 aromatic rings. The molecule has 2 heteroatoms. The number of H-pyrrole nitrogens is 1. The van der Waals surface area contributed by atoms with Crippen LogP contribution in [0.2, 0.25) is 0 Å². The van der Waals surface area contributed by atoms with Crippen molar-refractivity contribution in [2.45, 2.75) is 0 Å². The third kappa shape index (κ3) is 3.77. The van der Waals surface area contributed by atoms with Gasteiger partial charge in [-0.05, 0) is 0 Å². The van der Waals surface area contributed by atoms with Crippen molar-refractivity contribution in [3.05, 3.63) is 32.0 Å². The molecule has 1 rings (SSSR count). The van der Waals surface area contributed by atoms with E-state index in [4.69, 9.17) is 0 Å². The molecular formula is C5H7IrN-2. The Kier molecular flexibility index (Phi) is 8.49. The van der Waals surface area contributed by atoms with Gasteiger partial charge in [-0.3, -0.25) is 0 Å². The van der Waals surface area contributed by atoms with E-state index in [0.29, 0.717) is 0 Å². The Bertz CT molecular complexity index is 64.6. The van der Waals surface area contributed by atoms with Gasteiger partial charge in [0, 0.05) is 20.1 Å². The first kappa shape index (κ1) is 10.0. The van der Waals surface area contributed by atoms with Gasteiger partial charge in [0.05, 0.1) is 0 Å². The first-order chi connectivity index (χ1) is 2.50. The van der Waals surface area contributed by atoms with E-state index in [-0.39, 0.29) is 27.5 Å². The van der Waals surface area contributed by atoms with Crippen molar-refractivity contribution < 1.29 is 20.1 Å². The van der Waals surface area contributed by atoms with Crippen LogP contribution in [-0.2, 0) is 20.1 Å². The van der Waals surface area contributed by atoms with E-state index in [9.17, 15) is 0 Å². The van der Waals surface area contributed by atoms with Gasteiger partial charge in [-0.1, -0.05) is 0 Å². The Morgan fingerprint density at radius 3 is 2.29 bits per heavy atom. The number of nitrogens with one attached hydrogen (secondary N) is 1. The van der Waals surface area contributed by atoms with Crippen molar-refractivity contribution in [2.24, 2.45) is 0 Å². The molecule has 1 radical (unpaired) electrons. The maximum atomic E-state index is 2.74. The average Bonchev–Trinajstić information content (AvgIpc) is 1.76. The molecule has 0 fully saturated rings. The van der Waals surface area contributed by atoms with Crippen LogP contribution in [0, 0.1) is 13.6 Å². The molecule has 7 heavy (non-hydrogen) atoms. The molecule has 0 saturated heterocycles. The van der Waals surface area contributed by atoms with Crippen molar-refractivity contribution in [1.29, 1.82) is 0 Å². The fourth-order valence-corrected chi connectivity index (χ4v) is 0.241. The van der Waals surface area contributed by atoms with Crippen molar-refractivity contribution in [1.82, 2.24) is 4.98 Å². The summed E-state index contributed by atoms with van der Waals surface area (Å²) in [5.74, 6) is 0. The number of hydrogen-bond donors (Lipinski definition) is 1. The summed E-state index contributed by atoms with van der Waals surface area (Å²) in [6.45, 7) is 0. The standard InChI is InChI=1S/C4H4N.CH3.Ir/c1-2-4-5-3-1;;/h1-3,5H;1H3;/q2*-1;. The van der Waals surface area contributed by atoms with Crippen LogP contribution < -0.4 is 0 Å². The number of aromatic amines is 1. The van der Waals surface area contributed by atoms with Crippen LogP contribution >= 0.6 is 0 Å². The van der Waals surface area contributed by atoms with Gasteiger partial charge in [-0.2, -0.15) is 18.3 Å². The normalized spacial score (nSPS) is 5.71. The van der Waals surface area contributed by atoms with Crippen molar-refractivity contribution >= 4 is 0 Å². The molecule has 0 aliphatic rings. The summed E-state index contributed by atoms with van der Waals surface area (Å²) >= 11 is 0. The third-order valence-corrected chi connectivity index (χ3v) is 0.442. The molecule has 1 nitrogen and oxygen atoms in total.